The molecule has 0 N–H and O–H groups in total. The number of benzene rings is 1. The SMILES string of the molecule is Cc1cccc2c1N1[C@@H](C)c3oc4occc4c3C1(C)C(C)(C)C2(C)C. The van der Waals surface area contributed by atoms with Gasteiger partial charge in [-0.1, -0.05) is 45.9 Å². The lowest BCUT2D eigenvalue weighted by atomic mass is 9.51. The monoisotopic (exact) mass is 349 g/mol. The molecule has 2 aliphatic rings. The van der Waals surface area contributed by atoms with E-state index in [1.165, 1.54) is 22.4 Å². The summed E-state index contributed by atoms with van der Waals surface area (Å²) in [6.45, 7) is 16.5. The van der Waals surface area contributed by atoms with Gasteiger partial charge in [0.1, 0.15) is 5.76 Å². The Morgan fingerprint density at radius 3 is 2.50 bits per heavy atom. The van der Waals surface area contributed by atoms with Crippen molar-refractivity contribution in [2.75, 3.05) is 4.90 Å². The fourth-order valence-electron chi connectivity index (χ4n) is 5.72. The Hall–Kier alpha value is -2.16. The number of fused-ring (bicyclic) bond motifs is 7. The summed E-state index contributed by atoms with van der Waals surface area (Å²) in [6.07, 6.45) is 1.74. The van der Waals surface area contributed by atoms with Gasteiger partial charge in [0.25, 0.3) is 5.78 Å². The molecule has 4 heterocycles. The second kappa shape index (κ2) is 4.39. The Morgan fingerprint density at radius 1 is 1.04 bits per heavy atom. The highest BCUT2D eigenvalue weighted by Gasteiger charge is 2.65. The molecule has 3 heteroatoms. The fraction of sp³-hybridized carbons (Fsp3) is 0.478. The summed E-state index contributed by atoms with van der Waals surface area (Å²) >= 11 is 0. The smallest absolute Gasteiger partial charge is 0.297 e. The molecular weight excluding hydrogens is 322 g/mol. The maximum absolute atomic E-state index is 6.23. The highest BCUT2D eigenvalue weighted by molar-refractivity contribution is 5.85. The predicted octanol–water partition coefficient (Wildman–Crippen LogP) is 6.45. The van der Waals surface area contributed by atoms with E-state index >= 15 is 0 Å². The predicted molar refractivity (Wildman–Crippen MR) is 105 cm³/mol. The highest BCUT2D eigenvalue weighted by atomic mass is 16.5. The summed E-state index contributed by atoms with van der Waals surface area (Å²) in [5, 5.41) is 1.12. The van der Waals surface area contributed by atoms with Crippen molar-refractivity contribution in [2.24, 2.45) is 5.41 Å². The average Bonchev–Trinajstić information content (AvgIpc) is 3.19. The summed E-state index contributed by atoms with van der Waals surface area (Å²) < 4.78 is 11.8. The van der Waals surface area contributed by atoms with Gasteiger partial charge in [-0.05, 0) is 43.4 Å². The topological polar surface area (TPSA) is 29.5 Å². The van der Waals surface area contributed by atoms with Crippen LogP contribution in [-0.2, 0) is 11.0 Å². The van der Waals surface area contributed by atoms with Gasteiger partial charge in [-0.3, -0.25) is 0 Å². The number of nitrogens with zero attached hydrogens (tertiary/aromatic N) is 1. The van der Waals surface area contributed by atoms with Gasteiger partial charge in [0, 0.05) is 16.7 Å². The van der Waals surface area contributed by atoms with Crippen LogP contribution < -0.4 is 4.90 Å². The van der Waals surface area contributed by atoms with E-state index in [2.05, 4.69) is 77.6 Å². The maximum atomic E-state index is 6.23. The van der Waals surface area contributed by atoms with Gasteiger partial charge >= 0.3 is 0 Å². The van der Waals surface area contributed by atoms with Crippen LogP contribution in [0.1, 0.15) is 70.0 Å². The summed E-state index contributed by atoms with van der Waals surface area (Å²) in [5.41, 5.74) is 5.25. The Morgan fingerprint density at radius 2 is 1.77 bits per heavy atom. The third kappa shape index (κ3) is 1.42. The van der Waals surface area contributed by atoms with E-state index in [4.69, 9.17) is 8.83 Å². The third-order valence-electron chi connectivity index (χ3n) is 8.01. The summed E-state index contributed by atoms with van der Waals surface area (Å²) in [5.74, 6) is 1.72. The Balaban J connectivity index is 1.95. The largest absolute Gasteiger partial charge is 0.433 e. The van der Waals surface area contributed by atoms with Crippen LogP contribution in [0.5, 0.6) is 0 Å². The molecule has 26 heavy (non-hydrogen) atoms. The lowest BCUT2D eigenvalue weighted by molar-refractivity contribution is 0.0659. The maximum Gasteiger partial charge on any atom is 0.297 e. The molecule has 5 rings (SSSR count). The first kappa shape index (κ1) is 16.0. The van der Waals surface area contributed by atoms with Crippen molar-refractivity contribution in [1.29, 1.82) is 0 Å². The molecule has 0 aliphatic carbocycles. The minimum Gasteiger partial charge on any atom is -0.433 e. The molecule has 2 atom stereocenters. The molecular formula is C23H27NO2. The average molecular weight is 349 g/mol. The molecule has 136 valence electrons. The minimum atomic E-state index is -0.181. The summed E-state index contributed by atoms with van der Waals surface area (Å²) in [4.78, 5) is 2.61. The number of furan rings is 2. The minimum absolute atomic E-state index is 0.00820. The molecule has 0 radical (unpaired) electrons. The second-order valence-corrected chi connectivity index (χ2v) is 9.30. The first-order valence-corrected chi connectivity index (χ1v) is 9.54. The van der Waals surface area contributed by atoms with Gasteiger partial charge in [0.15, 0.2) is 0 Å². The van der Waals surface area contributed by atoms with Crippen LogP contribution in [-0.4, -0.2) is 0 Å². The van der Waals surface area contributed by atoms with E-state index in [-0.39, 0.29) is 22.4 Å². The van der Waals surface area contributed by atoms with Crippen molar-refractivity contribution in [3.8, 4) is 0 Å². The zero-order valence-electron chi connectivity index (χ0n) is 16.7. The van der Waals surface area contributed by atoms with Crippen molar-refractivity contribution in [3.63, 3.8) is 0 Å². The van der Waals surface area contributed by atoms with Crippen molar-refractivity contribution in [1.82, 2.24) is 0 Å². The van der Waals surface area contributed by atoms with E-state index in [1.807, 2.05) is 0 Å². The Kier molecular flexibility index (Phi) is 2.71. The first-order chi connectivity index (χ1) is 12.1. The van der Waals surface area contributed by atoms with E-state index < -0.39 is 0 Å². The molecule has 0 bridgehead atoms. The van der Waals surface area contributed by atoms with E-state index in [0.29, 0.717) is 5.78 Å². The van der Waals surface area contributed by atoms with Crippen LogP contribution in [0.2, 0.25) is 0 Å². The molecule has 1 unspecified atom stereocenters. The van der Waals surface area contributed by atoms with Gasteiger partial charge < -0.3 is 13.7 Å². The zero-order valence-corrected chi connectivity index (χ0v) is 16.7. The molecule has 1 aromatic carbocycles. The van der Waals surface area contributed by atoms with Crippen LogP contribution in [0.25, 0.3) is 11.2 Å². The summed E-state index contributed by atoms with van der Waals surface area (Å²) in [6, 6.07) is 8.97. The van der Waals surface area contributed by atoms with Crippen LogP contribution in [0.15, 0.2) is 39.4 Å². The van der Waals surface area contributed by atoms with Gasteiger partial charge in [-0.2, -0.15) is 0 Å². The Labute approximate surface area is 155 Å². The second-order valence-electron chi connectivity index (χ2n) is 9.30. The van der Waals surface area contributed by atoms with Crippen LogP contribution in [0.3, 0.4) is 0 Å². The molecule has 2 aromatic heterocycles. The lowest BCUT2D eigenvalue weighted by Gasteiger charge is -2.62. The number of rotatable bonds is 0. The summed E-state index contributed by atoms with van der Waals surface area (Å²) in [7, 11) is 0. The van der Waals surface area contributed by atoms with E-state index in [9.17, 15) is 0 Å². The quantitative estimate of drug-likeness (QED) is 0.467. The molecule has 2 aliphatic heterocycles. The van der Waals surface area contributed by atoms with E-state index in [1.54, 1.807) is 6.26 Å². The van der Waals surface area contributed by atoms with Gasteiger partial charge in [0.05, 0.1) is 23.2 Å². The number of hydrogen-bond acceptors (Lipinski definition) is 3. The molecule has 0 saturated heterocycles. The molecule has 3 nitrogen and oxygen atoms in total. The number of hydrogen-bond donors (Lipinski definition) is 0. The fourth-order valence-corrected chi connectivity index (χ4v) is 5.72. The van der Waals surface area contributed by atoms with Crippen molar-refractivity contribution in [3.05, 3.63) is 53.0 Å². The van der Waals surface area contributed by atoms with Crippen molar-refractivity contribution in [2.45, 2.75) is 65.5 Å². The number of anilines is 1. The normalized spacial score (nSPS) is 28.1. The molecule has 3 aromatic rings. The van der Waals surface area contributed by atoms with Crippen LogP contribution >= 0.6 is 0 Å². The third-order valence-corrected chi connectivity index (χ3v) is 8.01. The number of aryl methyl sites for hydroxylation is 1. The van der Waals surface area contributed by atoms with Crippen molar-refractivity contribution >= 4 is 16.9 Å². The van der Waals surface area contributed by atoms with Crippen LogP contribution in [0.4, 0.5) is 5.69 Å². The first-order valence-electron chi connectivity index (χ1n) is 9.54. The van der Waals surface area contributed by atoms with Crippen LogP contribution in [0, 0.1) is 12.3 Å². The van der Waals surface area contributed by atoms with Gasteiger partial charge in [0.2, 0.25) is 0 Å². The highest BCUT2D eigenvalue weighted by Crippen LogP contribution is 2.68. The van der Waals surface area contributed by atoms with Crippen molar-refractivity contribution < 1.29 is 8.83 Å². The Bertz CT molecular complexity index is 1050. The zero-order chi connectivity index (χ0) is 18.6. The molecule has 0 spiro atoms. The van der Waals surface area contributed by atoms with Gasteiger partial charge in [-0.25, -0.2) is 0 Å². The number of para-hydroxylation sites is 1. The van der Waals surface area contributed by atoms with E-state index in [0.717, 1.165) is 11.1 Å². The molecule has 0 fully saturated rings. The lowest BCUT2D eigenvalue weighted by Crippen LogP contribution is -2.62. The standard InChI is InChI=1S/C23H27NO2/c1-13-9-8-10-16-18(13)24-14(2)19-17(15-11-12-25-20(15)26-19)23(24,7)22(5,6)21(16,3)4/h8-12,14H,1-7H3/t14-,23?/m0/s1. The molecule has 0 amide bonds. The molecule has 0 saturated carbocycles. The van der Waals surface area contributed by atoms with Gasteiger partial charge in [-0.15, -0.1) is 0 Å².